The van der Waals surface area contributed by atoms with Gasteiger partial charge in [0.1, 0.15) is 0 Å². The van der Waals surface area contributed by atoms with E-state index in [0.717, 1.165) is 23.1 Å². The Morgan fingerprint density at radius 2 is 2.10 bits per heavy atom. The van der Waals surface area contributed by atoms with Crippen molar-refractivity contribution < 1.29 is 9.84 Å². The fourth-order valence-electron chi connectivity index (χ4n) is 2.48. The van der Waals surface area contributed by atoms with E-state index >= 15 is 0 Å². The number of β-amino-alcohol motifs (C(OH)–C–C–N with tert-alkyl or cyclic N) is 1. The first-order valence-electron chi connectivity index (χ1n) is 7.43. The van der Waals surface area contributed by atoms with Gasteiger partial charge in [0.05, 0.1) is 18.8 Å². The molecule has 1 aromatic carbocycles. The Bertz CT molecular complexity index is 427. The van der Waals surface area contributed by atoms with Crippen molar-refractivity contribution in [2.24, 2.45) is 0 Å². The predicted octanol–water partition coefficient (Wildman–Crippen LogP) is 3.22. The Morgan fingerprint density at radius 1 is 1.38 bits per heavy atom. The van der Waals surface area contributed by atoms with E-state index in [1.807, 2.05) is 37.7 Å². The van der Waals surface area contributed by atoms with E-state index in [1.54, 1.807) is 0 Å². The summed E-state index contributed by atoms with van der Waals surface area (Å²) in [6.45, 7) is 6.02. The molecule has 1 fully saturated rings. The van der Waals surface area contributed by atoms with Crippen molar-refractivity contribution in [3.63, 3.8) is 0 Å². The molecule has 21 heavy (non-hydrogen) atoms. The summed E-state index contributed by atoms with van der Waals surface area (Å²) in [5.74, 6) is 2.17. The van der Waals surface area contributed by atoms with Crippen LogP contribution in [-0.4, -0.2) is 53.4 Å². The van der Waals surface area contributed by atoms with E-state index in [0.29, 0.717) is 19.2 Å². The van der Waals surface area contributed by atoms with Crippen LogP contribution < -0.4 is 0 Å². The number of ether oxygens (including phenoxy) is 1. The van der Waals surface area contributed by atoms with Gasteiger partial charge in [0, 0.05) is 35.7 Å². The van der Waals surface area contributed by atoms with Crippen LogP contribution in [-0.2, 0) is 4.74 Å². The largest absolute Gasteiger partial charge is 0.389 e. The van der Waals surface area contributed by atoms with Gasteiger partial charge in [0.25, 0.3) is 0 Å². The first-order valence-corrected chi connectivity index (χ1v) is 8.96. The number of nitrogens with zero attached hydrogens (tertiary/aromatic N) is 1. The molecule has 5 heteroatoms. The number of halogens is 1. The Labute approximate surface area is 136 Å². The number of aliphatic hydroxyl groups is 1. The highest BCUT2D eigenvalue weighted by Gasteiger charge is 2.26. The first kappa shape index (κ1) is 17.1. The number of aliphatic hydroxyl groups excluding tert-OH is 1. The summed E-state index contributed by atoms with van der Waals surface area (Å²) in [5.41, 5.74) is 1.27. The van der Waals surface area contributed by atoms with Crippen LogP contribution in [0.5, 0.6) is 0 Å². The predicted molar refractivity (Wildman–Crippen MR) is 90.2 cm³/mol. The number of hydrogen-bond acceptors (Lipinski definition) is 4. The molecule has 0 aromatic heterocycles. The molecule has 1 saturated heterocycles. The van der Waals surface area contributed by atoms with Crippen molar-refractivity contribution >= 4 is 23.4 Å². The van der Waals surface area contributed by atoms with Crippen LogP contribution in [0.4, 0.5) is 0 Å². The van der Waals surface area contributed by atoms with Crippen molar-refractivity contribution in [2.75, 3.05) is 31.2 Å². The molecule has 1 aliphatic heterocycles. The number of thioether (sulfide) groups is 1. The fourth-order valence-corrected chi connectivity index (χ4v) is 3.76. The molecule has 1 aromatic rings. The molecule has 0 saturated carbocycles. The number of hydrogen-bond donors (Lipinski definition) is 1. The molecule has 0 radical (unpaired) electrons. The maximum Gasteiger partial charge on any atom is 0.0900 e. The zero-order valence-corrected chi connectivity index (χ0v) is 14.2. The van der Waals surface area contributed by atoms with Gasteiger partial charge in [0.2, 0.25) is 0 Å². The summed E-state index contributed by atoms with van der Waals surface area (Å²) in [5, 5.41) is 10.9. The van der Waals surface area contributed by atoms with E-state index in [-0.39, 0.29) is 6.10 Å². The van der Waals surface area contributed by atoms with Crippen LogP contribution in [0.1, 0.15) is 25.5 Å². The lowest BCUT2D eigenvalue weighted by atomic mass is 10.1. The SMILES string of the molecule is CC(C)OCC(O)CN1CCSCC1c1ccc(Cl)cc1. The second kappa shape index (κ2) is 8.39. The molecule has 2 atom stereocenters. The first-order chi connectivity index (χ1) is 10.1. The van der Waals surface area contributed by atoms with Gasteiger partial charge in [-0.2, -0.15) is 11.8 Å². The van der Waals surface area contributed by atoms with Crippen molar-refractivity contribution in [2.45, 2.75) is 32.1 Å². The van der Waals surface area contributed by atoms with Crippen LogP contribution in [0.3, 0.4) is 0 Å². The van der Waals surface area contributed by atoms with Crippen molar-refractivity contribution in [3.8, 4) is 0 Å². The van der Waals surface area contributed by atoms with Crippen LogP contribution in [0, 0.1) is 0 Å². The Kier molecular flexibility index (Phi) is 6.83. The summed E-state index contributed by atoms with van der Waals surface area (Å²) in [7, 11) is 0. The monoisotopic (exact) mass is 329 g/mol. The van der Waals surface area contributed by atoms with Gasteiger partial charge in [-0.05, 0) is 31.5 Å². The topological polar surface area (TPSA) is 32.7 Å². The second-order valence-corrected chi connectivity index (χ2v) is 7.26. The smallest absolute Gasteiger partial charge is 0.0900 e. The zero-order valence-electron chi connectivity index (χ0n) is 12.7. The fraction of sp³-hybridized carbons (Fsp3) is 0.625. The summed E-state index contributed by atoms with van der Waals surface area (Å²) in [6.07, 6.45) is -0.283. The third-order valence-corrected chi connectivity index (χ3v) is 4.84. The van der Waals surface area contributed by atoms with Crippen LogP contribution in [0.15, 0.2) is 24.3 Å². The summed E-state index contributed by atoms with van der Waals surface area (Å²) in [4.78, 5) is 2.36. The Balaban J connectivity index is 1.96. The molecule has 0 spiro atoms. The number of rotatable bonds is 6. The van der Waals surface area contributed by atoms with Crippen LogP contribution in [0.25, 0.3) is 0 Å². The summed E-state index contributed by atoms with van der Waals surface area (Å²) in [6, 6.07) is 8.39. The average molecular weight is 330 g/mol. The summed E-state index contributed by atoms with van der Waals surface area (Å²) >= 11 is 7.93. The number of benzene rings is 1. The minimum Gasteiger partial charge on any atom is -0.389 e. The van der Waals surface area contributed by atoms with Gasteiger partial charge in [-0.3, -0.25) is 4.90 Å². The maximum atomic E-state index is 10.2. The van der Waals surface area contributed by atoms with E-state index in [4.69, 9.17) is 16.3 Å². The highest BCUT2D eigenvalue weighted by Crippen LogP contribution is 2.30. The van der Waals surface area contributed by atoms with Crippen molar-refractivity contribution in [1.82, 2.24) is 4.90 Å². The van der Waals surface area contributed by atoms with Crippen LogP contribution in [0.2, 0.25) is 5.02 Å². The molecule has 1 heterocycles. The van der Waals surface area contributed by atoms with E-state index in [2.05, 4.69) is 17.0 Å². The minimum atomic E-state index is -0.440. The Hall–Kier alpha value is -0.260. The second-order valence-electron chi connectivity index (χ2n) is 5.67. The van der Waals surface area contributed by atoms with Crippen molar-refractivity contribution in [1.29, 1.82) is 0 Å². The molecule has 0 bridgehead atoms. The van der Waals surface area contributed by atoms with Gasteiger partial charge in [-0.1, -0.05) is 23.7 Å². The molecular formula is C16H24ClNO2S. The maximum absolute atomic E-state index is 10.2. The highest BCUT2D eigenvalue weighted by atomic mass is 35.5. The Morgan fingerprint density at radius 3 is 2.76 bits per heavy atom. The van der Waals surface area contributed by atoms with E-state index in [1.165, 1.54) is 5.56 Å². The molecule has 3 nitrogen and oxygen atoms in total. The third-order valence-electron chi connectivity index (χ3n) is 3.56. The molecule has 0 aliphatic carbocycles. The molecule has 1 N–H and O–H groups in total. The molecule has 118 valence electrons. The average Bonchev–Trinajstić information content (AvgIpc) is 2.47. The molecule has 0 amide bonds. The minimum absolute atomic E-state index is 0.156. The van der Waals surface area contributed by atoms with Crippen molar-refractivity contribution in [3.05, 3.63) is 34.9 Å². The zero-order chi connectivity index (χ0) is 15.2. The van der Waals surface area contributed by atoms with E-state index in [9.17, 15) is 5.11 Å². The molecule has 1 aliphatic rings. The standard InChI is InChI=1S/C16H24ClNO2S/c1-12(2)20-10-15(19)9-18-7-8-21-11-16(18)13-3-5-14(17)6-4-13/h3-6,12,15-16,19H,7-11H2,1-2H3. The van der Waals surface area contributed by atoms with Crippen LogP contribution >= 0.6 is 23.4 Å². The lowest BCUT2D eigenvalue weighted by Gasteiger charge is -2.37. The quantitative estimate of drug-likeness (QED) is 0.868. The third kappa shape index (κ3) is 5.46. The molecular weight excluding hydrogens is 306 g/mol. The van der Waals surface area contributed by atoms with Gasteiger partial charge < -0.3 is 9.84 Å². The van der Waals surface area contributed by atoms with Gasteiger partial charge in [-0.15, -0.1) is 0 Å². The molecule has 2 unspecified atom stereocenters. The normalized spacial score (nSPS) is 21.7. The molecule has 2 rings (SSSR count). The highest BCUT2D eigenvalue weighted by molar-refractivity contribution is 7.99. The van der Waals surface area contributed by atoms with Gasteiger partial charge in [0.15, 0.2) is 0 Å². The lowest BCUT2D eigenvalue weighted by Crippen LogP contribution is -2.42. The van der Waals surface area contributed by atoms with Gasteiger partial charge in [-0.25, -0.2) is 0 Å². The summed E-state index contributed by atoms with van der Waals surface area (Å²) < 4.78 is 5.50. The lowest BCUT2D eigenvalue weighted by molar-refractivity contribution is -0.0127. The van der Waals surface area contributed by atoms with E-state index < -0.39 is 6.10 Å². The van der Waals surface area contributed by atoms with Gasteiger partial charge >= 0.3 is 0 Å².